The Morgan fingerprint density at radius 1 is 0.893 bits per heavy atom. The van der Waals surface area contributed by atoms with Gasteiger partial charge in [-0.2, -0.15) is 0 Å². The first-order valence-electron chi connectivity index (χ1n) is 10.8. The van der Waals surface area contributed by atoms with Crippen LogP contribution in [0.4, 0.5) is 0 Å². The fourth-order valence-electron chi connectivity index (χ4n) is 3.92. The number of carboxylic acid groups (broad SMARTS) is 2. The summed E-state index contributed by atoms with van der Waals surface area (Å²) in [7, 11) is 0. The molecular weight excluding hydrogens is 354 g/mol. The molecule has 0 radical (unpaired) electrons. The Labute approximate surface area is 168 Å². The van der Waals surface area contributed by atoms with E-state index in [0.29, 0.717) is 6.54 Å². The number of hydrogen-bond acceptors (Lipinski definition) is 3. The third-order valence-corrected chi connectivity index (χ3v) is 5.95. The predicted molar refractivity (Wildman–Crippen MR) is 110 cm³/mol. The van der Waals surface area contributed by atoms with Gasteiger partial charge in [0.05, 0.1) is 0 Å². The Kier molecular flexibility index (Phi) is 8.97. The van der Waals surface area contributed by atoms with Crippen molar-refractivity contribution in [1.82, 2.24) is 5.32 Å². The second-order valence-corrected chi connectivity index (χ2v) is 8.22. The monoisotopic (exact) mass is 389 g/mol. The van der Waals surface area contributed by atoms with Crippen LogP contribution in [-0.2, 0) is 22.6 Å². The molecule has 0 saturated heterocycles. The lowest BCUT2D eigenvalue weighted by Crippen LogP contribution is -2.56. The number of unbranched alkanes of at least 4 members (excludes halogenated alkanes) is 7. The Bertz CT molecular complexity index is 604. The maximum atomic E-state index is 11.2. The van der Waals surface area contributed by atoms with Crippen LogP contribution < -0.4 is 5.32 Å². The molecule has 5 nitrogen and oxygen atoms in total. The molecule has 0 atom stereocenters. The molecule has 1 aliphatic carbocycles. The van der Waals surface area contributed by atoms with E-state index >= 15 is 0 Å². The quantitative estimate of drug-likeness (QED) is 0.315. The molecule has 5 heteroatoms. The fourth-order valence-corrected chi connectivity index (χ4v) is 3.92. The largest absolute Gasteiger partial charge is 0.480 e. The van der Waals surface area contributed by atoms with Gasteiger partial charge in [-0.15, -0.1) is 0 Å². The first-order valence-corrected chi connectivity index (χ1v) is 10.8. The van der Waals surface area contributed by atoms with Crippen LogP contribution in [-0.4, -0.2) is 28.2 Å². The van der Waals surface area contributed by atoms with E-state index in [4.69, 9.17) is 10.2 Å². The normalized spacial score (nSPS) is 15.9. The summed E-state index contributed by atoms with van der Waals surface area (Å²) in [5.74, 6) is -2.47. The van der Waals surface area contributed by atoms with Crippen molar-refractivity contribution >= 4 is 11.9 Å². The summed E-state index contributed by atoms with van der Waals surface area (Å²) in [6, 6.07) is 8.49. The van der Waals surface area contributed by atoms with Crippen LogP contribution in [0.5, 0.6) is 0 Å². The van der Waals surface area contributed by atoms with Gasteiger partial charge in [-0.25, -0.2) is 0 Å². The van der Waals surface area contributed by atoms with Gasteiger partial charge in [-0.3, -0.25) is 9.59 Å². The summed E-state index contributed by atoms with van der Waals surface area (Å²) < 4.78 is 0. The molecule has 1 fully saturated rings. The van der Waals surface area contributed by atoms with Crippen LogP contribution in [0.15, 0.2) is 24.3 Å². The van der Waals surface area contributed by atoms with E-state index in [1.807, 2.05) is 0 Å². The number of aryl methyl sites for hydroxylation is 1. The molecule has 1 aromatic rings. The van der Waals surface area contributed by atoms with Crippen LogP contribution in [0.2, 0.25) is 0 Å². The third kappa shape index (κ3) is 6.33. The molecule has 1 saturated carbocycles. The van der Waals surface area contributed by atoms with Crippen molar-refractivity contribution in [2.45, 2.75) is 90.1 Å². The molecule has 0 bridgehead atoms. The fraction of sp³-hybridized carbons (Fsp3) is 0.652. The second-order valence-electron chi connectivity index (χ2n) is 8.22. The van der Waals surface area contributed by atoms with Crippen molar-refractivity contribution in [3.63, 3.8) is 0 Å². The minimum Gasteiger partial charge on any atom is -0.480 e. The molecule has 1 aromatic carbocycles. The van der Waals surface area contributed by atoms with Gasteiger partial charge in [0.15, 0.2) is 5.41 Å². The molecule has 156 valence electrons. The summed E-state index contributed by atoms with van der Waals surface area (Å²) in [5.41, 5.74) is 0.898. The predicted octanol–water partition coefficient (Wildman–Crippen LogP) is 4.78. The summed E-state index contributed by atoms with van der Waals surface area (Å²) in [6.45, 7) is 2.88. The zero-order chi connectivity index (χ0) is 20.4. The Hall–Kier alpha value is -1.88. The molecule has 0 aliphatic heterocycles. The summed E-state index contributed by atoms with van der Waals surface area (Å²) >= 11 is 0. The molecule has 0 spiro atoms. The highest BCUT2D eigenvalue weighted by Gasteiger charge is 2.56. The highest BCUT2D eigenvalue weighted by atomic mass is 16.4. The van der Waals surface area contributed by atoms with Gasteiger partial charge in [0, 0.05) is 12.6 Å². The van der Waals surface area contributed by atoms with E-state index in [0.717, 1.165) is 12.0 Å². The van der Waals surface area contributed by atoms with E-state index < -0.39 is 17.4 Å². The molecule has 0 amide bonds. The minimum absolute atomic E-state index is 0.0517. The first kappa shape index (κ1) is 22.4. The number of benzene rings is 1. The van der Waals surface area contributed by atoms with Crippen LogP contribution >= 0.6 is 0 Å². The molecule has 3 N–H and O–H groups in total. The SMILES string of the molecule is CCCCCCCCCCc1ccc(CNC2CC(C(=O)O)(C(=O)O)C2)cc1. The lowest BCUT2D eigenvalue weighted by atomic mass is 9.65. The minimum atomic E-state index is -1.60. The third-order valence-electron chi connectivity index (χ3n) is 5.95. The van der Waals surface area contributed by atoms with E-state index in [-0.39, 0.29) is 18.9 Å². The zero-order valence-electron chi connectivity index (χ0n) is 17.1. The maximum absolute atomic E-state index is 11.2. The molecule has 0 unspecified atom stereocenters. The molecular formula is C23H35NO4. The number of rotatable bonds is 14. The van der Waals surface area contributed by atoms with Gasteiger partial charge < -0.3 is 15.5 Å². The maximum Gasteiger partial charge on any atom is 0.321 e. The van der Waals surface area contributed by atoms with Crippen LogP contribution in [0.3, 0.4) is 0 Å². The highest BCUT2D eigenvalue weighted by Crippen LogP contribution is 2.41. The number of nitrogens with one attached hydrogen (secondary N) is 1. The van der Waals surface area contributed by atoms with Gasteiger partial charge in [-0.05, 0) is 36.8 Å². The average Bonchev–Trinajstić information content (AvgIpc) is 2.63. The van der Waals surface area contributed by atoms with Crippen molar-refractivity contribution < 1.29 is 19.8 Å². The smallest absolute Gasteiger partial charge is 0.321 e. The van der Waals surface area contributed by atoms with Gasteiger partial charge in [0.2, 0.25) is 0 Å². The van der Waals surface area contributed by atoms with Crippen LogP contribution in [0, 0.1) is 5.41 Å². The summed E-state index contributed by atoms with van der Waals surface area (Å²) in [5, 5.41) is 21.5. The Balaban J connectivity index is 1.60. The number of carbonyl (C=O) groups is 2. The summed E-state index contributed by atoms with van der Waals surface area (Å²) in [4.78, 5) is 22.4. The Morgan fingerprint density at radius 2 is 1.39 bits per heavy atom. The zero-order valence-corrected chi connectivity index (χ0v) is 17.1. The molecule has 0 heterocycles. The molecule has 0 aromatic heterocycles. The van der Waals surface area contributed by atoms with E-state index in [2.05, 4.69) is 36.5 Å². The molecule has 1 aliphatic rings. The van der Waals surface area contributed by atoms with Crippen molar-refractivity contribution in [3.8, 4) is 0 Å². The van der Waals surface area contributed by atoms with Gasteiger partial charge in [0.1, 0.15) is 0 Å². The average molecular weight is 390 g/mol. The second kappa shape index (κ2) is 11.2. The lowest BCUT2D eigenvalue weighted by Gasteiger charge is -2.41. The highest BCUT2D eigenvalue weighted by molar-refractivity contribution is 5.99. The Morgan fingerprint density at radius 3 is 1.93 bits per heavy atom. The standard InChI is InChI=1S/C23H35NO4/c1-2-3-4-5-6-7-8-9-10-18-11-13-19(14-12-18)17-24-20-15-23(16-20,21(25)26)22(27)28/h11-14,20,24H,2-10,15-17H2,1H3,(H,25,26)(H,27,28). The first-order chi connectivity index (χ1) is 13.5. The van der Waals surface area contributed by atoms with Crippen LogP contribution in [0.1, 0.15) is 82.3 Å². The van der Waals surface area contributed by atoms with Crippen molar-refractivity contribution in [2.24, 2.45) is 5.41 Å². The van der Waals surface area contributed by atoms with Gasteiger partial charge in [-0.1, -0.05) is 76.1 Å². The van der Waals surface area contributed by atoms with E-state index in [1.54, 1.807) is 0 Å². The van der Waals surface area contributed by atoms with E-state index in [1.165, 1.54) is 56.9 Å². The molecule has 2 rings (SSSR count). The van der Waals surface area contributed by atoms with E-state index in [9.17, 15) is 9.59 Å². The van der Waals surface area contributed by atoms with Crippen molar-refractivity contribution in [3.05, 3.63) is 35.4 Å². The molecule has 28 heavy (non-hydrogen) atoms. The van der Waals surface area contributed by atoms with Crippen molar-refractivity contribution in [2.75, 3.05) is 0 Å². The number of hydrogen-bond donors (Lipinski definition) is 3. The topological polar surface area (TPSA) is 86.6 Å². The van der Waals surface area contributed by atoms with Gasteiger partial charge in [0.25, 0.3) is 0 Å². The lowest BCUT2D eigenvalue weighted by molar-refractivity contribution is -0.173. The number of aliphatic carboxylic acids is 2. The van der Waals surface area contributed by atoms with Crippen molar-refractivity contribution in [1.29, 1.82) is 0 Å². The van der Waals surface area contributed by atoms with Crippen LogP contribution in [0.25, 0.3) is 0 Å². The van der Waals surface area contributed by atoms with Gasteiger partial charge >= 0.3 is 11.9 Å². The number of carboxylic acids is 2. The summed E-state index contributed by atoms with van der Waals surface area (Å²) in [6.07, 6.45) is 12.0.